The topological polar surface area (TPSA) is 45.7 Å². The molecule has 5 nitrogen and oxygen atoms in total. The van der Waals surface area contributed by atoms with E-state index in [9.17, 15) is 18.0 Å². The summed E-state index contributed by atoms with van der Waals surface area (Å²) in [6, 6.07) is 1.69. The van der Waals surface area contributed by atoms with Gasteiger partial charge in [0, 0.05) is 56.6 Å². The maximum Gasteiger partial charge on any atom is 0.417 e. The minimum Gasteiger partial charge on any atom is -0.381 e. The van der Waals surface area contributed by atoms with Crippen molar-refractivity contribution in [2.75, 3.05) is 33.4 Å². The molecule has 2 aliphatic rings. The average molecular weight is 428 g/mol. The molecular formula is C22H32F3N3O2. The molecule has 1 amide bonds. The van der Waals surface area contributed by atoms with Crippen LogP contribution in [-0.4, -0.2) is 60.1 Å². The van der Waals surface area contributed by atoms with E-state index in [1.165, 1.54) is 0 Å². The second-order valence-corrected chi connectivity index (χ2v) is 8.41. The molecule has 0 aromatic carbocycles. The van der Waals surface area contributed by atoms with E-state index in [1.807, 2.05) is 6.92 Å². The minimum absolute atomic E-state index is 0.0503. The standard InChI is InChI=1S/C22H32F3N3O2/c1-3-16(5-4-9-27(2)19-7-11-30-12-8-19)21(29)28-10-6-20-17(15-28)13-18(14-26-20)22(23,24)25/h13-14,16,19H,3-12,15H2,1-2H3/t16-/m1/s1. The second-order valence-electron chi connectivity index (χ2n) is 8.41. The smallest absolute Gasteiger partial charge is 0.381 e. The van der Waals surface area contributed by atoms with E-state index in [1.54, 1.807) is 4.90 Å². The zero-order valence-corrected chi connectivity index (χ0v) is 17.9. The molecule has 0 saturated carbocycles. The van der Waals surface area contributed by atoms with Gasteiger partial charge in [-0.1, -0.05) is 6.92 Å². The van der Waals surface area contributed by atoms with Crippen LogP contribution in [-0.2, 0) is 28.7 Å². The number of carbonyl (C=O) groups is 1. The summed E-state index contributed by atoms with van der Waals surface area (Å²) in [7, 11) is 2.13. The number of alkyl halides is 3. The fraction of sp³-hybridized carbons (Fsp3) is 0.727. The molecule has 0 unspecified atom stereocenters. The van der Waals surface area contributed by atoms with Gasteiger partial charge in [0.2, 0.25) is 5.91 Å². The van der Waals surface area contributed by atoms with Crippen LogP contribution in [0.4, 0.5) is 13.2 Å². The van der Waals surface area contributed by atoms with Gasteiger partial charge in [-0.15, -0.1) is 0 Å². The van der Waals surface area contributed by atoms with Crippen LogP contribution >= 0.6 is 0 Å². The summed E-state index contributed by atoms with van der Waals surface area (Å²) in [5.74, 6) is -0.0392. The lowest BCUT2D eigenvalue weighted by molar-refractivity contribution is -0.138. The lowest BCUT2D eigenvalue weighted by Crippen LogP contribution is -2.40. The molecule has 1 aromatic rings. The molecule has 1 fully saturated rings. The third-order valence-corrected chi connectivity index (χ3v) is 6.40. The Hall–Kier alpha value is -1.67. The van der Waals surface area contributed by atoms with E-state index in [-0.39, 0.29) is 18.4 Å². The summed E-state index contributed by atoms with van der Waals surface area (Å²) < 4.78 is 44.4. The zero-order valence-electron chi connectivity index (χ0n) is 17.9. The molecule has 30 heavy (non-hydrogen) atoms. The van der Waals surface area contributed by atoms with Gasteiger partial charge in [0.05, 0.1) is 5.56 Å². The predicted octanol–water partition coefficient (Wildman–Crippen LogP) is 3.90. The van der Waals surface area contributed by atoms with Crippen molar-refractivity contribution in [3.05, 3.63) is 29.1 Å². The molecular weight excluding hydrogens is 395 g/mol. The monoisotopic (exact) mass is 427 g/mol. The van der Waals surface area contributed by atoms with E-state index in [4.69, 9.17) is 4.74 Å². The van der Waals surface area contributed by atoms with Crippen LogP contribution in [0.3, 0.4) is 0 Å². The van der Waals surface area contributed by atoms with Crippen molar-refractivity contribution < 1.29 is 22.7 Å². The van der Waals surface area contributed by atoms with Gasteiger partial charge in [-0.3, -0.25) is 9.78 Å². The summed E-state index contributed by atoms with van der Waals surface area (Å²) in [6.07, 6.45) is 1.54. The molecule has 168 valence electrons. The molecule has 0 spiro atoms. The van der Waals surface area contributed by atoms with Gasteiger partial charge in [-0.25, -0.2) is 0 Å². The van der Waals surface area contributed by atoms with Crippen LogP contribution < -0.4 is 0 Å². The van der Waals surface area contributed by atoms with E-state index >= 15 is 0 Å². The van der Waals surface area contributed by atoms with E-state index in [0.29, 0.717) is 30.3 Å². The molecule has 1 aromatic heterocycles. The fourth-order valence-electron chi connectivity index (χ4n) is 4.43. The molecule has 3 rings (SSSR count). The van der Waals surface area contributed by atoms with E-state index in [2.05, 4.69) is 16.9 Å². The average Bonchev–Trinajstić information content (AvgIpc) is 2.75. The number of amides is 1. The first kappa shape index (κ1) is 23.0. The molecule has 2 aliphatic heterocycles. The highest BCUT2D eigenvalue weighted by molar-refractivity contribution is 5.79. The van der Waals surface area contributed by atoms with Gasteiger partial charge >= 0.3 is 6.18 Å². The number of nitrogens with zero attached hydrogens (tertiary/aromatic N) is 3. The van der Waals surface area contributed by atoms with Crippen molar-refractivity contribution in [1.29, 1.82) is 0 Å². The Morgan fingerprint density at radius 1 is 1.37 bits per heavy atom. The van der Waals surface area contributed by atoms with Gasteiger partial charge in [0.25, 0.3) is 0 Å². The predicted molar refractivity (Wildman–Crippen MR) is 108 cm³/mol. The second kappa shape index (κ2) is 10.1. The molecule has 3 heterocycles. The third-order valence-electron chi connectivity index (χ3n) is 6.40. The van der Waals surface area contributed by atoms with Crippen molar-refractivity contribution in [3.8, 4) is 0 Å². The normalized spacial score (nSPS) is 19.1. The Labute approximate surface area is 176 Å². The maximum atomic E-state index is 13.1. The zero-order chi connectivity index (χ0) is 21.7. The summed E-state index contributed by atoms with van der Waals surface area (Å²) in [5.41, 5.74) is 0.426. The number of hydrogen-bond donors (Lipinski definition) is 0. The maximum absolute atomic E-state index is 13.1. The van der Waals surface area contributed by atoms with E-state index < -0.39 is 11.7 Å². The van der Waals surface area contributed by atoms with Crippen LogP contribution in [0.2, 0.25) is 0 Å². The van der Waals surface area contributed by atoms with Crippen LogP contribution in [0, 0.1) is 5.92 Å². The Morgan fingerprint density at radius 2 is 2.10 bits per heavy atom. The van der Waals surface area contributed by atoms with Gasteiger partial charge in [-0.05, 0) is 57.3 Å². The quantitative estimate of drug-likeness (QED) is 0.662. The number of carbonyl (C=O) groups excluding carboxylic acids is 1. The Balaban J connectivity index is 1.54. The first-order valence-corrected chi connectivity index (χ1v) is 10.9. The lowest BCUT2D eigenvalue weighted by atomic mass is 9.95. The van der Waals surface area contributed by atoms with Gasteiger partial charge in [0.1, 0.15) is 0 Å². The van der Waals surface area contributed by atoms with Crippen LogP contribution in [0.15, 0.2) is 12.3 Å². The third kappa shape index (κ3) is 5.72. The summed E-state index contributed by atoms with van der Waals surface area (Å²) in [4.78, 5) is 21.1. The van der Waals surface area contributed by atoms with Crippen molar-refractivity contribution >= 4 is 5.91 Å². The number of hydrogen-bond acceptors (Lipinski definition) is 4. The first-order valence-electron chi connectivity index (χ1n) is 10.9. The highest BCUT2D eigenvalue weighted by Gasteiger charge is 2.33. The van der Waals surface area contributed by atoms with Gasteiger partial charge in [0.15, 0.2) is 0 Å². The van der Waals surface area contributed by atoms with Crippen molar-refractivity contribution in [2.24, 2.45) is 5.92 Å². The molecule has 1 saturated heterocycles. The highest BCUT2D eigenvalue weighted by Crippen LogP contribution is 2.31. The molecule has 0 radical (unpaired) electrons. The van der Waals surface area contributed by atoms with Crippen LogP contribution in [0.25, 0.3) is 0 Å². The van der Waals surface area contributed by atoms with Gasteiger partial charge in [-0.2, -0.15) is 13.2 Å². The molecule has 0 N–H and O–H groups in total. The number of aromatic nitrogens is 1. The summed E-state index contributed by atoms with van der Waals surface area (Å²) in [6.45, 7) is 5.30. The molecule has 0 bridgehead atoms. The fourth-order valence-corrected chi connectivity index (χ4v) is 4.43. The van der Waals surface area contributed by atoms with Crippen molar-refractivity contribution in [3.63, 3.8) is 0 Å². The minimum atomic E-state index is -4.42. The van der Waals surface area contributed by atoms with Crippen LogP contribution in [0.1, 0.15) is 55.8 Å². The van der Waals surface area contributed by atoms with Crippen molar-refractivity contribution in [2.45, 2.75) is 64.2 Å². The SMILES string of the molecule is CC[C@H](CCCN(C)C1CCOCC1)C(=O)N1CCc2ncc(C(F)(F)F)cc2C1. The molecule has 0 aliphatic carbocycles. The Bertz CT molecular complexity index is 720. The number of fused-ring (bicyclic) bond motifs is 1. The molecule has 8 heteroatoms. The summed E-state index contributed by atoms with van der Waals surface area (Å²) in [5, 5.41) is 0. The van der Waals surface area contributed by atoms with Crippen molar-refractivity contribution in [1.82, 2.24) is 14.8 Å². The number of halogens is 3. The first-order chi connectivity index (χ1) is 14.3. The number of ether oxygens (including phenoxy) is 1. The Morgan fingerprint density at radius 3 is 2.77 bits per heavy atom. The summed E-state index contributed by atoms with van der Waals surface area (Å²) >= 11 is 0. The Kier molecular flexibility index (Phi) is 7.74. The van der Waals surface area contributed by atoms with Gasteiger partial charge < -0.3 is 14.5 Å². The number of pyridine rings is 1. The van der Waals surface area contributed by atoms with E-state index in [0.717, 1.165) is 64.1 Å². The highest BCUT2D eigenvalue weighted by atomic mass is 19.4. The number of rotatable bonds is 7. The molecule has 1 atom stereocenters. The van der Waals surface area contributed by atoms with Crippen LogP contribution in [0.5, 0.6) is 0 Å². The largest absolute Gasteiger partial charge is 0.417 e. The lowest BCUT2D eigenvalue weighted by Gasteiger charge is -2.33.